The first-order valence-corrected chi connectivity index (χ1v) is 4.55. The molecule has 6 nitrogen and oxygen atoms in total. The lowest BCUT2D eigenvalue weighted by molar-refractivity contribution is -0.125. The van der Waals surface area contributed by atoms with E-state index in [-0.39, 0.29) is 6.54 Å². The SMILES string of the molecule is N#Cc1ccc(NCC(O)C(N)=O)c(N)c1. The van der Waals surface area contributed by atoms with Gasteiger partial charge in [-0.05, 0) is 18.2 Å². The molecule has 84 valence electrons. The molecule has 1 atom stereocenters. The van der Waals surface area contributed by atoms with Crippen molar-refractivity contribution in [3.63, 3.8) is 0 Å². The summed E-state index contributed by atoms with van der Waals surface area (Å²) in [6.07, 6.45) is -1.27. The standard InChI is InChI=1S/C10H12N4O2/c11-4-6-1-2-8(7(12)3-6)14-5-9(15)10(13)16/h1-3,9,14-15H,5,12H2,(H2,13,16). The second-order valence-electron chi connectivity index (χ2n) is 3.21. The maximum absolute atomic E-state index is 10.6. The number of carbonyl (C=O) groups is 1. The van der Waals surface area contributed by atoms with E-state index in [9.17, 15) is 4.79 Å². The number of nitriles is 1. The second-order valence-corrected chi connectivity index (χ2v) is 3.21. The number of hydrogen-bond donors (Lipinski definition) is 4. The van der Waals surface area contributed by atoms with Crippen molar-refractivity contribution in [2.75, 3.05) is 17.6 Å². The summed E-state index contributed by atoms with van der Waals surface area (Å²) in [5.41, 5.74) is 11.9. The first-order chi connectivity index (χ1) is 7.54. The average Bonchev–Trinajstić information content (AvgIpc) is 2.26. The molecule has 0 spiro atoms. The number of nitrogens with zero attached hydrogens (tertiary/aromatic N) is 1. The number of carbonyl (C=O) groups excluding carboxylic acids is 1. The number of primary amides is 1. The number of nitrogens with one attached hydrogen (secondary N) is 1. The predicted molar refractivity (Wildman–Crippen MR) is 59.3 cm³/mol. The molecular formula is C10H12N4O2. The van der Waals surface area contributed by atoms with Gasteiger partial charge in [0.05, 0.1) is 23.0 Å². The molecular weight excluding hydrogens is 208 g/mol. The van der Waals surface area contributed by atoms with E-state index in [0.717, 1.165) is 0 Å². The summed E-state index contributed by atoms with van der Waals surface area (Å²) in [4.78, 5) is 10.6. The Morgan fingerprint density at radius 2 is 2.31 bits per heavy atom. The van der Waals surface area contributed by atoms with Gasteiger partial charge >= 0.3 is 0 Å². The fourth-order valence-electron chi connectivity index (χ4n) is 1.10. The Bertz CT molecular complexity index is 439. The van der Waals surface area contributed by atoms with Crippen LogP contribution < -0.4 is 16.8 Å². The zero-order valence-electron chi connectivity index (χ0n) is 8.47. The molecule has 0 heterocycles. The van der Waals surface area contributed by atoms with Crippen LogP contribution in [-0.4, -0.2) is 23.7 Å². The maximum atomic E-state index is 10.6. The smallest absolute Gasteiger partial charge is 0.248 e. The van der Waals surface area contributed by atoms with Crippen molar-refractivity contribution >= 4 is 17.3 Å². The van der Waals surface area contributed by atoms with Gasteiger partial charge in [-0.15, -0.1) is 0 Å². The quantitative estimate of drug-likeness (QED) is 0.504. The highest BCUT2D eigenvalue weighted by molar-refractivity contribution is 5.79. The number of amides is 1. The van der Waals surface area contributed by atoms with E-state index in [1.54, 1.807) is 12.1 Å². The van der Waals surface area contributed by atoms with Gasteiger partial charge in [0.1, 0.15) is 6.10 Å². The molecule has 0 aromatic heterocycles. The van der Waals surface area contributed by atoms with Gasteiger partial charge in [0.15, 0.2) is 0 Å². The highest BCUT2D eigenvalue weighted by Gasteiger charge is 2.10. The zero-order chi connectivity index (χ0) is 12.1. The minimum absolute atomic E-state index is 0.0224. The van der Waals surface area contributed by atoms with E-state index in [1.165, 1.54) is 6.07 Å². The van der Waals surface area contributed by atoms with Gasteiger partial charge in [-0.3, -0.25) is 4.79 Å². The van der Waals surface area contributed by atoms with Crippen molar-refractivity contribution in [1.29, 1.82) is 5.26 Å². The molecule has 16 heavy (non-hydrogen) atoms. The maximum Gasteiger partial charge on any atom is 0.248 e. The van der Waals surface area contributed by atoms with Crippen LogP contribution in [0.25, 0.3) is 0 Å². The van der Waals surface area contributed by atoms with Gasteiger partial charge in [0, 0.05) is 6.54 Å². The third-order valence-electron chi connectivity index (χ3n) is 1.99. The van der Waals surface area contributed by atoms with E-state index >= 15 is 0 Å². The summed E-state index contributed by atoms with van der Waals surface area (Å²) in [7, 11) is 0. The van der Waals surface area contributed by atoms with Gasteiger partial charge in [-0.25, -0.2) is 0 Å². The van der Waals surface area contributed by atoms with Crippen LogP contribution in [0.4, 0.5) is 11.4 Å². The van der Waals surface area contributed by atoms with E-state index in [0.29, 0.717) is 16.9 Å². The molecule has 1 rings (SSSR count). The molecule has 0 aliphatic rings. The summed E-state index contributed by atoms with van der Waals surface area (Å²) in [6.45, 7) is -0.0224. The number of aliphatic hydroxyl groups excluding tert-OH is 1. The summed E-state index contributed by atoms with van der Waals surface area (Å²) in [5.74, 6) is -0.806. The molecule has 0 radical (unpaired) electrons. The van der Waals surface area contributed by atoms with Crippen LogP contribution in [0.1, 0.15) is 5.56 Å². The minimum Gasteiger partial charge on any atom is -0.397 e. The molecule has 1 unspecified atom stereocenters. The number of benzene rings is 1. The fraction of sp³-hybridized carbons (Fsp3) is 0.200. The van der Waals surface area contributed by atoms with Crippen LogP contribution in [0, 0.1) is 11.3 Å². The van der Waals surface area contributed by atoms with Crippen LogP contribution >= 0.6 is 0 Å². The number of nitrogen functional groups attached to an aromatic ring is 1. The van der Waals surface area contributed by atoms with Crippen molar-refractivity contribution in [2.45, 2.75) is 6.10 Å². The number of rotatable bonds is 4. The Hall–Kier alpha value is -2.26. The van der Waals surface area contributed by atoms with E-state index in [1.807, 2.05) is 6.07 Å². The van der Waals surface area contributed by atoms with Crippen LogP contribution in [0.3, 0.4) is 0 Å². The number of nitrogens with two attached hydrogens (primary N) is 2. The molecule has 0 bridgehead atoms. The molecule has 0 aliphatic carbocycles. The van der Waals surface area contributed by atoms with Gasteiger partial charge in [0.25, 0.3) is 0 Å². The molecule has 0 aliphatic heterocycles. The highest BCUT2D eigenvalue weighted by atomic mass is 16.3. The summed E-state index contributed by atoms with van der Waals surface area (Å²) in [5, 5.41) is 20.5. The lowest BCUT2D eigenvalue weighted by Gasteiger charge is -2.11. The Morgan fingerprint density at radius 1 is 1.62 bits per heavy atom. The molecule has 1 aromatic carbocycles. The van der Waals surface area contributed by atoms with Gasteiger partial charge in [-0.2, -0.15) is 5.26 Å². The van der Waals surface area contributed by atoms with Crippen LogP contribution in [0.15, 0.2) is 18.2 Å². The number of aliphatic hydroxyl groups is 1. The van der Waals surface area contributed by atoms with Gasteiger partial charge < -0.3 is 21.9 Å². The van der Waals surface area contributed by atoms with E-state index < -0.39 is 12.0 Å². The first-order valence-electron chi connectivity index (χ1n) is 4.55. The molecule has 0 saturated carbocycles. The van der Waals surface area contributed by atoms with Gasteiger partial charge in [-0.1, -0.05) is 0 Å². The largest absolute Gasteiger partial charge is 0.397 e. The molecule has 0 saturated heterocycles. The van der Waals surface area contributed by atoms with E-state index in [2.05, 4.69) is 5.32 Å². The molecule has 6 heteroatoms. The van der Waals surface area contributed by atoms with Crippen molar-refractivity contribution in [3.8, 4) is 6.07 Å². The van der Waals surface area contributed by atoms with Gasteiger partial charge in [0.2, 0.25) is 5.91 Å². The summed E-state index contributed by atoms with van der Waals surface area (Å²) in [6, 6.07) is 6.62. The lowest BCUT2D eigenvalue weighted by Crippen LogP contribution is -2.34. The minimum atomic E-state index is -1.27. The Balaban J connectivity index is 2.69. The zero-order valence-corrected chi connectivity index (χ0v) is 8.47. The summed E-state index contributed by atoms with van der Waals surface area (Å²) >= 11 is 0. The monoisotopic (exact) mass is 220 g/mol. The first kappa shape index (κ1) is 11.8. The number of anilines is 2. The van der Waals surface area contributed by atoms with E-state index in [4.69, 9.17) is 21.8 Å². The second kappa shape index (κ2) is 5.00. The van der Waals surface area contributed by atoms with Crippen molar-refractivity contribution in [2.24, 2.45) is 5.73 Å². The van der Waals surface area contributed by atoms with Crippen LogP contribution in [0.5, 0.6) is 0 Å². The molecule has 0 fully saturated rings. The topological polar surface area (TPSA) is 125 Å². The lowest BCUT2D eigenvalue weighted by atomic mass is 10.2. The Labute approximate surface area is 92.5 Å². The van der Waals surface area contributed by atoms with Crippen LogP contribution in [0.2, 0.25) is 0 Å². The Kier molecular flexibility index (Phi) is 3.69. The predicted octanol–water partition coefficient (Wildman–Crippen LogP) is -0.601. The fourth-order valence-corrected chi connectivity index (χ4v) is 1.10. The van der Waals surface area contributed by atoms with Crippen molar-refractivity contribution < 1.29 is 9.90 Å². The third kappa shape index (κ3) is 2.87. The summed E-state index contributed by atoms with van der Waals surface area (Å²) < 4.78 is 0. The van der Waals surface area contributed by atoms with Crippen molar-refractivity contribution in [3.05, 3.63) is 23.8 Å². The highest BCUT2D eigenvalue weighted by Crippen LogP contribution is 2.19. The molecule has 1 amide bonds. The Morgan fingerprint density at radius 3 is 2.81 bits per heavy atom. The number of hydrogen-bond acceptors (Lipinski definition) is 5. The molecule has 6 N–H and O–H groups in total. The normalized spacial score (nSPS) is 11.5. The molecule has 1 aromatic rings. The van der Waals surface area contributed by atoms with Crippen LogP contribution in [-0.2, 0) is 4.79 Å². The van der Waals surface area contributed by atoms with Crippen molar-refractivity contribution in [1.82, 2.24) is 0 Å². The third-order valence-corrected chi connectivity index (χ3v) is 1.99. The average molecular weight is 220 g/mol.